The maximum atomic E-state index is 13.9. The van der Waals surface area contributed by atoms with Gasteiger partial charge in [0.25, 0.3) is 19.7 Å². The van der Waals surface area contributed by atoms with Gasteiger partial charge >= 0.3 is 11.0 Å². The molecule has 0 amide bonds. The van der Waals surface area contributed by atoms with Gasteiger partial charge in [0, 0.05) is 6.42 Å². The van der Waals surface area contributed by atoms with Crippen LogP contribution < -0.4 is 4.74 Å². The van der Waals surface area contributed by atoms with Gasteiger partial charge < -0.3 is 4.74 Å². The molecule has 0 radical (unpaired) electrons. The van der Waals surface area contributed by atoms with Crippen molar-refractivity contribution in [1.29, 1.82) is 0 Å². The molecule has 0 heterocycles. The third kappa shape index (κ3) is 4.83. The average Bonchev–Trinajstić information content (AvgIpc) is 3.02. The lowest BCUT2D eigenvalue weighted by atomic mass is 9.82. The third-order valence-electron chi connectivity index (χ3n) is 8.09. The summed E-state index contributed by atoms with van der Waals surface area (Å²) in [7, 11) is -12.4. The largest absolute Gasteiger partial charge is 0.498 e. The minimum absolute atomic E-state index is 0.0954. The topological polar surface area (TPSA) is 77.5 Å². The molecule has 0 fully saturated rings. The summed E-state index contributed by atoms with van der Waals surface area (Å²) in [6.45, 7) is 0. The second-order valence-electron chi connectivity index (χ2n) is 10.6. The van der Waals surface area contributed by atoms with Gasteiger partial charge in [0.05, 0.1) is 7.11 Å². The summed E-state index contributed by atoms with van der Waals surface area (Å²) in [5, 5.41) is 4.32. The van der Waals surface area contributed by atoms with Crippen LogP contribution in [-0.4, -0.2) is 39.5 Å². The van der Waals surface area contributed by atoms with Crippen molar-refractivity contribution in [2.45, 2.75) is 22.0 Å². The molecule has 0 saturated heterocycles. The molecule has 0 aromatic heterocycles. The van der Waals surface area contributed by atoms with Crippen LogP contribution in [0.1, 0.15) is 5.56 Å². The van der Waals surface area contributed by atoms with Crippen molar-refractivity contribution in [2.24, 2.45) is 0 Å². The maximum absolute atomic E-state index is 13.9. The molecule has 0 bridgehead atoms. The molecule has 0 aliphatic carbocycles. The Morgan fingerprint density at radius 1 is 0.565 bits per heavy atom. The lowest BCUT2D eigenvalue weighted by molar-refractivity contribution is -0.0471. The van der Waals surface area contributed by atoms with Crippen LogP contribution in [-0.2, 0) is 26.1 Å². The van der Waals surface area contributed by atoms with E-state index < -0.39 is 41.7 Å². The summed E-state index contributed by atoms with van der Waals surface area (Å²) >= 11 is 0. The number of sulfone groups is 2. The first-order chi connectivity index (χ1) is 21.6. The molecule has 5 nitrogen and oxygen atoms in total. The molecule has 13 heteroatoms. The molecule has 0 aliphatic heterocycles. The number of ether oxygens (including phenoxy) is 1. The van der Waals surface area contributed by atoms with E-state index in [1.807, 2.05) is 24.3 Å². The first-order valence-electron chi connectivity index (χ1n) is 13.6. The molecule has 6 aromatic rings. The number of rotatable bonds is 6. The SMILES string of the molecule is COc1ccc(-c2c(CC(S(=O)(=O)C(F)(F)F)S(=O)(=O)C(F)(F)F)c3ccccc3c3c4ccccc4c4ccccc4c23)cc1. The highest BCUT2D eigenvalue weighted by atomic mass is 32.3. The minimum Gasteiger partial charge on any atom is -0.497 e. The van der Waals surface area contributed by atoms with Crippen molar-refractivity contribution in [3.63, 3.8) is 0 Å². The second kappa shape index (κ2) is 10.9. The number of methoxy groups -OCH3 is 1. The Morgan fingerprint density at radius 2 is 0.957 bits per heavy atom. The average molecular weight is 677 g/mol. The maximum Gasteiger partial charge on any atom is 0.498 e. The van der Waals surface area contributed by atoms with Crippen molar-refractivity contribution in [1.82, 2.24) is 0 Å². The lowest BCUT2D eigenvalue weighted by Gasteiger charge is -2.25. The molecule has 6 rings (SSSR count). The number of halogens is 6. The Kier molecular flexibility index (Phi) is 7.47. The molecule has 238 valence electrons. The van der Waals surface area contributed by atoms with Crippen LogP contribution in [0.15, 0.2) is 97.1 Å². The van der Waals surface area contributed by atoms with Gasteiger partial charge in [-0.15, -0.1) is 0 Å². The van der Waals surface area contributed by atoms with E-state index in [-0.39, 0.29) is 16.5 Å². The van der Waals surface area contributed by atoms with Crippen LogP contribution in [0, 0.1) is 0 Å². The molecule has 46 heavy (non-hydrogen) atoms. The predicted octanol–water partition coefficient (Wildman–Crippen LogP) is 8.71. The Labute approximate surface area is 258 Å². The fraction of sp³-hybridized carbons (Fsp3) is 0.152. The number of benzene rings is 6. The zero-order chi connectivity index (χ0) is 33.2. The van der Waals surface area contributed by atoms with Crippen LogP contribution in [0.25, 0.3) is 54.2 Å². The molecule has 0 saturated carbocycles. The highest BCUT2D eigenvalue weighted by molar-refractivity contribution is 8.09. The first kappa shape index (κ1) is 31.6. The Hall–Kier alpha value is -4.36. The molecular weight excluding hydrogens is 654 g/mol. The molecule has 6 aromatic carbocycles. The van der Waals surface area contributed by atoms with Gasteiger partial charge in [-0.05, 0) is 71.9 Å². The molecule has 0 atom stereocenters. The van der Waals surface area contributed by atoms with Crippen molar-refractivity contribution in [3.8, 4) is 16.9 Å². The first-order valence-corrected chi connectivity index (χ1v) is 16.7. The van der Waals surface area contributed by atoms with E-state index >= 15 is 0 Å². The number of fused-ring (bicyclic) bond motifs is 8. The smallest absolute Gasteiger partial charge is 0.497 e. The summed E-state index contributed by atoms with van der Waals surface area (Å²) < 4.78 is 136. The predicted molar refractivity (Wildman–Crippen MR) is 166 cm³/mol. The van der Waals surface area contributed by atoms with Crippen LogP contribution in [0.3, 0.4) is 0 Å². The van der Waals surface area contributed by atoms with Gasteiger partial charge in [0.15, 0.2) is 4.58 Å². The fourth-order valence-electron chi connectivity index (χ4n) is 6.07. The van der Waals surface area contributed by atoms with E-state index in [1.165, 1.54) is 43.5 Å². The Bertz CT molecular complexity index is 2340. The Balaban J connectivity index is 1.88. The van der Waals surface area contributed by atoms with E-state index in [2.05, 4.69) is 0 Å². The monoisotopic (exact) mass is 676 g/mol. The summed E-state index contributed by atoms with van der Waals surface area (Å²) in [5.41, 5.74) is -12.5. The normalized spacial score (nSPS) is 13.3. The van der Waals surface area contributed by atoms with E-state index in [1.54, 1.807) is 36.4 Å². The highest BCUT2D eigenvalue weighted by Crippen LogP contribution is 2.48. The van der Waals surface area contributed by atoms with E-state index in [9.17, 15) is 43.2 Å². The highest BCUT2D eigenvalue weighted by Gasteiger charge is 2.62. The van der Waals surface area contributed by atoms with Crippen molar-refractivity contribution >= 4 is 62.8 Å². The van der Waals surface area contributed by atoms with E-state index in [0.29, 0.717) is 38.2 Å². The lowest BCUT2D eigenvalue weighted by Crippen LogP contribution is -2.46. The zero-order valence-corrected chi connectivity index (χ0v) is 25.3. The number of alkyl halides is 6. The summed E-state index contributed by atoms with van der Waals surface area (Å²) in [6.07, 6.45) is -1.64. The van der Waals surface area contributed by atoms with Gasteiger partial charge in [-0.25, -0.2) is 16.8 Å². The Morgan fingerprint density at radius 3 is 1.39 bits per heavy atom. The van der Waals surface area contributed by atoms with Gasteiger partial charge in [-0.2, -0.15) is 26.3 Å². The zero-order valence-electron chi connectivity index (χ0n) is 23.6. The van der Waals surface area contributed by atoms with E-state index in [4.69, 9.17) is 4.74 Å². The van der Waals surface area contributed by atoms with Crippen LogP contribution >= 0.6 is 0 Å². The fourth-order valence-corrected chi connectivity index (χ4v) is 9.43. The molecule has 0 aliphatic rings. The summed E-state index contributed by atoms with van der Waals surface area (Å²) in [4.78, 5) is 0. The van der Waals surface area contributed by atoms with Crippen molar-refractivity contribution in [2.75, 3.05) is 7.11 Å². The molecule has 0 unspecified atom stereocenters. The summed E-state index contributed by atoms with van der Waals surface area (Å²) in [5.74, 6) is 0.392. The van der Waals surface area contributed by atoms with Crippen LogP contribution in [0.5, 0.6) is 5.75 Å². The van der Waals surface area contributed by atoms with E-state index in [0.717, 1.165) is 10.8 Å². The van der Waals surface area contributed by atoms with Crippen molar-refractivity contribution < 1.29 is 47.9 Å². The number of hydrogen-bond acceptors (Lipinski definition) is 5. The van der Waals surface area contributed by atoms with Crippen LogP contribution in [0.2, 0.25) is 0 Å². The van der Waals surface area contributed by atoms with Crippen molar-refractivity contribution in [3.05, 3.63) is 103 Å². The van der Waals surface area contributed by atoms with Crippen LogP contribution in [0.4, 0.5) is 26.3 Å². The number of hydrogen-bond donors (Lipinski definition) is 0. The quantitative estimate of drug-likeness (QED) is 0.130. The molecule has 0 N–H and O–H groups in total. The summed E-state index contributed by atoms with van der Waals surface area (Å²) in [6, 6.07) is 26.7. The van der Waals surface area contributed by atoms with Gasteiger partial charge in [-0.3, -0.25) is 0 Å². The van der Waals surface area contributed by atoms with Gasteiger partial charge in [0.1, 0.15) is 5.75 Å². The minimum atomic E-state index is -6.91. The third-order valence-corrected chi connectivity index (χ3v) is 12.6. The second-order valence-corrected chi connectivity index (χ2v) is 15.1. The standard InChI is InChI=1S/C33H22F6O5S2/c1-44-20-16-14-19(15-17-20)29-27(18-28(45(40,41)32(34,35)36)46(42,43)33(37,38)39)23-10-4-6-12-25(23)30-24-11-5-2-8-21(24)22-9-3-7-13-26(22)31(29)30/h2-17,28H,18H2,1H3. The van der Waals surface area contributed by atoms with Gasteiger partial charge in [0.2, 0.25) is 0 Å². The molecule has 0 spiro atoms. The molecular formula is C33H22F6O5S2. The van der Waals surface area contributed by atoms with Gasteiger partial charge in [-0.1, -0.05) is 84.9 Å².